The van der Waals surface area contributed by atoms with Crippen molar-refractivity contribution in [3.63, 3.8) is 0 Å². The third-order valence-corrected chi connectivity index (χ3v) is 3.59. The number of unbranched alkanes of at least 4 members (excludes halogenated alkanes) is 1. The van der Waals surface area contributed by atoms with Gasteiger partial charge in [0.05, 0.1) is 5.03 Å². The van der Waals surface area contributed by atoms with Crippen molar-refractivity contribution in [2.24, 2.45) is 0 Å². The Hall–Kier alpha value is -0.240. The van der Waals surface area contributed by atoms with E-state index in [0.717, 1.165) is 29.3 Å². The fourth-order valence-corrected chi connectivity index (χ4v) is 1.99. The first kappa shape index (κ1) is 13.8. The quantitative estimate of drug-likeness (QED) is 0.464. The molecule has 1 aromatic rings. The predicted molar refractivity (Wildman–Crippen MR) is 76.8 cm³/mol. The summed E-state index contributed by atoms with van der Waals surface area (Å²) in [5.41, 5.74) is 0.952. The summed E-state index contributed by atoms with van der Waals surface area (Å²) in [7, 11) is 0. The third-order valence-electron chi connectivity index (χ3n) is 2.14. The molecule has 0 unspecified atom stereocenters. The highest BCUT2D eigenvalue weighted by Gasteiger charge is 2.04. The van der Waals surface area contributed by atoms with Crippen LogP contribution in [0.15, 0.2) is 46.4 Å². The zero-order chi connectivity index (χ0) is 12.0. The molecule has 0 heterocycles. The van der Waals surface area contributed by atoms with E-state index < -0.39 is 0 Å². The monoisotopic (exact) mass is 318 g/mol. The van der Waals surface area contributed by atoms with Gasteiger partial charge in [-0.2, -0.15) is 0 Å². The molecule has 0 saturated carbocycles. The Labute approximate surface area is 115 Å². The van der Waals surface area contributed by atoms with Gasteiger partial charge in [-0.05, 0) is 37.0 Å². The SMILES string of the molecule is C=CCCC/C(Cl)=C(/Cl)c1ccc(Br)cc1. The lowest BCUT2D eigenvalue weighted by molar-refractivity contribution is 0.862. The second kappa shape index (κ2) is 7.16. The zero-order valence-corrected chi connectivity index (χ0v) is 11.9. The van der Waals surface area contributed by atoms with E-state index in [1.807, 2.05) is 30.3 Å². The molecule has 0 spiro atoms. The predicted octanol–water partition coefficient (Wildman–Crippen LogP) is 5.95. The largest absolute Gasteiger partial charge is 0.103 e. The normalized spacial score (nSPS) is 12.2. The van der Waals surface area contributed by atoms with Crippen molar-refractivity contribution in [1.82, 2.24) is 0 Å². The van der Waals surface area contributed by atoms with Crippen molar-refractivity contribution < 1.29 is 0 Å². The summed E-state index contributed by atoms with van der Waals surface area (Å²) >= 11 is 15.7. The molecule has 0 amide bonds. The number of hydrogen-bond donors (Lipinski definition) is 0. The number of rotatable bonds is 5. The summed E-state index contributed by atoms with van der Waals surface area (Å²) < 4.78 is 1.03. The lowest BCUT2D eigenvalue weighted by atomic mass is 10.1. The van der Waals surface area contributed by atoms with Crippen molar-refractivity contribution in [1.29, 1.82) is 0 Å². The smallest absolute Gasteiger partial charge is 0.0623 e. The molecule has 0 saturated heterocycles. The Balaban J connectivity index is 2.73. The molecule has 0 atom stereocenters. The van der Waals surface area contributed by atoms with Crippen molar-refractivity contribution in [2.75, 3.05) is 0 Å². The number of hydrogen-bond acceptors (Lipinski definition) is 0. The molecule has 0 aliphatic carbocycles. The van der Waals surface area contributed by atoms with Gasteiger partial charge in [-0.25, -0.2) is 0 Å². The number of allylic oxidation sites excluding steroid dienone is 2. The Morgan fingerprint density at radius 1 is 1.25 bits per heavy atom. The van der Waals surface area contributed by atoms with Gasteiger partial charge in [-0.15, -0.1) is 6.58 Å². The van der Waals surface area contributed by atoms with E-state index in [0.29, 0.717) is 10.1 Å². The summed E-state index contributed by atoms with van der Waals surface area (Å²) in [5, 5.41) is 1.35. The first-order valence-corrected chi connectivity index (χ1v) is 6.61. The Morgan fingerprint density at radius 3 is 2.44 bits per heavy atom. The van der Waals surface area contributed by atoms with E-state index in [9.17, 15) is 0 Å². The average Bonchev–Trinajstić information content (AvgIpc) is 2.29. The van der Waals surface area contributed by atoms with Gasteiger partial charge in [0.25, 0.3) is 0 Å². The molecule has 0 aliphatic rings. The molecule has 3 heteroatoms. The van der Waals surface area contributed by atoms with Crippen LogP contribution in [-0.2, 0) is 0 Å². The minimum absolute atomic E-state index is 0.637. The van der Waals surface area contributed by atoms with Crippen LogP contribution in [0.4, 0.5) is 0 Å². The Bertz CT molecular complexity index is 379. The van der Waals surface area contributed by atoms with Crippen molar-refractivity contribution in [3.05, 3.63) is 52.0 Å². The maximum Gasteiger partial charge on any atom is 0.0623 e. The number of benzene rings is 1. The Kier molecular flexibility index (Phi) is 6.18. The van der Waals surface area contributed by atoms with E-state index in [-0.39, 0.29) is 0 Å². The van der Waals surface area contributed by atoms with Crippen molar-refractivity contribution >= 4 is 44.2 Å². The molecule has 1 aromatic carbocycles. The molecule has 16 heavy (non-hydrogen) atoms. The van der Waals surface area contributed by atoms with Crippen LogP contribution in [0.25, 0.3) is 5.03 Å². The van der Waals surface area contributed by atoms with E-state index in [2.05, 4.69) is 22.5 Å². The molecule has 0 nitrogen and oxygen atoms in total. The first-order chi connectivity index (χ1) is 7.65. The van der Waals surface area contributed by atoms with E-state index in [4.69, 9.17) is 23.2 Å². The van der Waals surface area contributed by atoms with Gasteiger partial charge in [-0.1, -0.05) is 57.3 Å². The summed E-state index contributed by atoms with van der Waals surface area (Å²) in [4.78, 5) is 0. The minimum atomic E-state index is 0.637. The summed E-state index contributed by atoms with van der Waals surface area (Å²) in [5.74, 6) is 0. The van der Waals surface area contributed by atoms with Crippen LogP contribution in [-0.4, -0.2) is 0 Å². The van der Waals surface area contributed by atoms with Gasteiger partial charge < -0.3 is 0 Å². The maximum atomic E-state index is 6.19. The van der Waals surface area contributed by atoms with Crippen LogP contribution in [0.2, 0.25) is 0 Å². The fourth-order valence-electron chi connectivity index (χ4n) is 1.26. The van der Waals surface area contributed by atoms with Gasteiger partial charge in [0, 0.05) is 9.51 Å². The van der Waals surface area contributed by atoms with Crippen molar-refractivity contribution in [2.45, 2.75) is 19.3 Å². The highest BCUT2D eigenvalue weighted by Crippen LogP contribution is 2.29. The standard InChI is InChI=1S/C13H13BrCl2/c1-2-3-4-5-12(15)13(16)10-6-8-11(14)9-7-10/h2,6-9H,1,3-5H2/b13-12-. The van der Waals surface area contributed by atoms with Crippen LogP contribution < -0.4 is 0 Å². The molecular weight excluding hydrogens is 307 g/mol. The van der Waals surface area contributed by atoms with Crippen molar-refractivity contribution in [3.8, 4) is 0 Å². The van der Waals surface area contributed by atoms with Gasteiger partial charge in [0.2, 0.25) is 0 Å². The molecule has 0 aromatic heterocycles. The average molecular weight is 320 g/mol. The molecule has 86 valence electrons. The van der Waals surface area contributed by atoms with Gasteiger partial charge in [-0.3, -0.25) is 0 Å². The lowest BCUT2D eigenvalue weighted by Gasteiger charge is -2.04. The van der Waals surface area contributed by atoms with Crippen LogP contribution in [0.1, 0.15) is 24.8 Å². The van der Waals surface area contributed by atoms with E-state index >= 15 is 0 Å². The minimum Gasteiger partial charge on any atom is -0.103 e. The Morgan fingerprint density at radius 2 is 1.88 bits per heavy atom. The second-order valence-corrected chi connectivity index (χ2v) is 5.16. The maximum absolute atomic E-state index is 6.19. The van der Waals surface area contributed by atoms with E-state index in [1.165, 1.54) is 0 Å². The van der Waals surface area contributed by atoms with E-state index in [1.54, 1.807) is 0 Å². The summed E-state index contributed by atoms with van der Waals surface area (Å²) in [6, 6.07) is 7.79. The molecule has 0 aliphatic heterocycles. The number of halogens is 3. The van der Waals surface area contributed by atoms with Crippen LogP contribution in [0, 0.1) is 0 Å². The fraction of sp³-hybridized carbons (Fsp3) is 0.231. The summed E-state index contributed by atoms with van der Waals surface area (Å²) in [6.45, 7) is 3.67. The molecular formula is C13H13BrCl2. The third kappa shape index (κ3) is 4.32. The zero-order valence-electron chi connectivity index (χ0n) is 8.85. The molecule has 0 N–H and O–H groups in total. The molecule has 1 rings (SSSR count). The second-order valence-electron chi connectivity index (χ2n) is 3.41. The molecule has 0 bridgehead atoms. The van der Waals surface area contributed by atoms with Gasteiger partial charge in [0.15, 0.2) is 0 Å². The topological polar surface area (TPSA) is 0 Å². The van der Waals surface area contributed by atoms with Crippen LogP contribution in [0.3, 0.4) is 0 Å². The lowest BCUT2D eigenvalue weighted by Crippen LogP contribution is -1.82. The van der Waals surface area contributed by atoms with Crippen LogP contribution >= 0.6 is 39.1 Å². The van der Waals surface area contributed by atoms with Gasteiger partial charge in [0.1, 0.15) is 0 Å². The molecule has 0 radical (unpaired) electrons. The molecule has 0 fully saturated rings. The van der Waals surface area contributed by atoms with Gasteiger partial charge >= 0.3 is 0 Å². The highest BCUT2D eigenvalue weighted by molar-refractivity contribution is 9.10. The first-order valence-electron chi connectivity index (χ1n) is 5.06. The summed E-state index contributed by atoms with van der Waals surface area (Å²) in [6.07, 6.45) is 4.62. The van der Waals surface area contributed by atoms with Crippen LogP contribution in [0.5, 0.6) is 0 Å². The highest BCUT2D eigenvalue weighted by atomic mass is 79.9.